The molecule has 0 aliphatic heterocycles. The summed E-state index contributed by atoms with van der Waals surface area (Å²) >= 11 is 0. The number of nitrogens with zero attached hydrogens (tertiary/aromatic N) is 1. The van der Waals surface area contributed by atoms with E-state index in [2.05, 4.69) is 10.1 Å². The van der Waals surface area contributed by atoms with Crippen molar-refractivity contribution in [2.75, 3.05) is 33.1 Å². The third kappa shape index (κ3) is 4.73. The Kier molecular flexibility index (Phi) is 7.00. The van der Waals surface area contributed by atoms with Gasteiger partial charge in [-0.15, -0.1) is 12.4 Å². The van der Waals surface area contributed by atoms with Crippen molar-refractivity contribution in [2.24, 2.45) is 0 Å². The third-order valence-corrected chi connectivity index (χ3v) is 2.07. The van der Waals surface area contributed by atoms with Gasteiger partial charge >= 0.3 is 5.97 Å². The molecule has 0 unspecified atom stereocenters. The predicted octanol–water partition coefficient (Wildman–Crippen LogP) is 1.40. The summed E-state index contributed by atoms with van der Waals surface area (Å²) in [7, 11) is 4.90. The highest BCUT2D eigenvalue weighted by Gasteiger charge is 2.13. The summed E-state index contributed by atoms with van der Waals surface area (Å²) in [6.45, 7) is 0.259. The van der Waals surface area contributed by atoms with Crippen LogP contribution in [0, 0.1) is 0 Å². The molecule has 1 aromatic rings. The van der Waals surface area contributed by atoms with Gasteiger partial charge in [0.1, 0.15) is 0 Å². The number of carbonyl (C=O) groups excluding carboxylic acids is 2. The minimum Gasteiger partial charge on any atom is -0.465 e. The van der Waals surface area contributed by atoms with Crippen molar-refractivity contribution in [2.45, 2.75) is 0 Å². The number of nitrogens with one attached hydrogen (secondary N) is 1. The number of ether oxygens (including phenoxy) is 1. The Bertz CT molecular complexity index is 422. The van der Waals surface area contributed by atoms with Crippen molar-refractivity contribution in [1.29, 1.82) is 0 Å². The van der Waals surface area contributed by atoms with Crippen molar-refractivity contribution in [3.63, 3.8) is 0 Å². The number of para-hydroxylation sites is 1. The van der Waals surface area contributed by atoms with Crippen LogP contribution in [0.4, 0.5) is 5.69 Å². The summed E-state index contributed by atoms with van der Waals surface area (Å²) in [5.41, 5.74) is 0.813. The minimum atomic E-state index is -0.467. The molecule has 1 rings (SSSR count). The molecule has 18 heavy (non-hydrogen) atoms. The van der Waals surface area contributed by atoms with Crippen LogP contribution in [0.3, 0.4) is 0 Å². The normalized spacial score (nSPS) is 9.56. The first kappa shape index (κ1) is 16.4. The molecule has 0 saturated heterocycles. The number of benzene rings is 1. The van der Waals surface area contributed by atoms with Gasteiger partial charge in [0.2, 0.25) is 5.91 Å². The van der Waals surface area contributed by atoms with Crippen molar-refractivity contribution in [3.05, 3.63) is 29.8 Å². The van der Waals surface area contributed by atoms with Crippen LogP contribution in [0.1, 0.15) is 10.4 Å². The fraction of sp³-hybridized carbons (Fsp3) is 0.333. The Morgan fingerprint density at radius 3 is 2.44 bits per heavy atom. The van der Waals surface area contributed by atoms with Gasteiger partial charge < -0.3 is 15.0 Å². The fourth-order valence-corrected chi connectivity index (χ4v) is 1.36. The second-order valence-corrected chi connectivity index (χ2v) is 3.82. The van der Waals surface area contributed by atoms with E-state index in [0.29, 0.717) is 11.3 Å². The van der Waals surface area contributed by atoms with Crippen LogP contribution >= 0.6 is 12.4 Å². The van der Waals surface area contributed by atoms with Crippen LogP contribution in [0.5, 0.6) is 0 Å². The molecule has 100 valence electrons. The number of hydrogen-bond acceptors (Lipinski definition) is 4. The molecule has 0 saturated carbocycles. The van der Waals surface area contributed by atoms with Gasteiger partial charge in [0.05, 0.1) is 24.9 Å². The standard InChI is InChI=1S/C12H16N2O3.ClH/c1-14(2)8-11(15)13-10-7-5-4-6-9(10)12(16)17-3;/h4-7H,8H2,1-3H3,(H,13,15);1H. The number of rotatable bonds is 4. The Morgan fingerprint density at radius 2 is 1.89 bits per heavy atom. The lowest BCUT2D eigenvalue weighted by molar-refractivity contribution is -0.116. The van der Waals surface area contributed by atoms with E-state index < -0.39 is 5.97 Å². The van der Waals surface area contributed by atoms with Crippen molar-refractivity contribution in [1.82, 2.24) is 4.90 Å². The molecule has 0 fully saturated rings. The second-order valence-electron chi connectivity index (χ2n) is 3.82. The molecule has 1 amide bonds. The maximum atomic E-state index is 11.6. The molecule has 0 aromatic heterocycles. The second kappa shape index (κ2) is 7.68. The van der Waals surface area contributed by atoms with Crippen LogP contribution < -0.4 is 5.32 Å². The lowest BCUT2D eigenvalue weighted by atomic mass is 10.2. The van der Waals surface area contributed by atoms with Gasteiger partial charge in [-0.2, -0.15) is 0 Å². The highest BCUT2D eigenvalue weighted by atomic mass is 35.5. The van der Waals surface area contributed by atoms with Gasteiger partial charge in [0, 0.05) is 0 Å². The zero-order valence-corrected chi connectivity index (χ0v) is 11.4. The predicted molar refractivity (Wildman–Crippen MR) is 72.2 cm³/mol. The first-order valence-electron chi connectivity index (χ1n) is 5.16. The van der Waals surface area contributed by atoms with Gasteiger partial charge in [-0.3, -0.25) is 4.79 Å². The topological polar surface area (TPSA) is 58.6 Å². The van der Waals surface area contributed by atoms with Gasteiger partial charge in [-0.1, -0.05) is 12.1 Å². The van der Waals surface area contributed by atoms with E-state index in [0.717, 1.165) is 0 Å². The molecule has 0 radical (unpaired) electrons. The fourth-order valence-electron chi connectivity index (χ4n) is 1.36. The molecule has 0 heterocycles. The molecule has 0 aliphatic carbocycles. The molecular weight excluding hydrogens is 256 g/mol. The summed E-state index contributed by atoms with van der Waals surface area (Å²) in [4.78, 5) is 24.8. The SMILES string of the molecule is COC(=O)c1ccccc1NC(=O)CN(C)C.Cl. The Labute approximate surface area is 113 Å². The van der Waals surface area contributed by atoms with Gasteiger partial charge in [0.15, 0.2) is 0 Å². The highest BCUT2D eigenvalue weighted by molar-refractivity contribution is 6.01. The Balaban J connectivity index is 0.00000289. The van der Waals surface area contributed by atoms with Gasteiger partial charge in [-0.25, -0.2) is 4.79 Å². The molecule has 1 aromatic carbocycles. The minimum absolute atomic E-state index is 0. The number of esters is 1. The first-order chi connectivity index (χ1) is 8.04. The number of anilines is 1. The number of methoxy groups -OCH3 is 1. The molecule has 0 spiro atoms. The number of amides is 1. The van der Waals surface area contributed by atoms with Gasteiger partial charge in [0.25, 0.3) is 0 Å². The van der Waals surface area contributed by atoms with E-state index in [-0.39, 0.29) is 24.9 Å². The van der Waals surface area contributed by atoms with Gasteiger partial charge in [-0.05, 0) is 26.2 Å². The van der Waals surface area contributed by atoms with Crippen LogP contribution in [-0.2, 0) is 9.53 Å². The summed E-state index contributed by atoms with van der Waals surface area (Å²) in [6.07, 6.45) is 0. The monoisotopic (exact) mass is 272 g/mol. The number of likely N-dealkylation sites (N-methyl/N-ethyl adjacent to an activating group) is 1. The number of halogens is 1. The van der Waals surface area contributed by atoms with Crippen molar-refractivity contribution in [3.8, 4) is 0 Å². The maximum absolute atomic E-state index is 11.6. The average Bonchev–Trinajstić information content (AvgIpc) is 2.27. The molecule has 0 aliphatic rings. The molecule has 6 heteroatoms. The molecule has 5 nitrogen and oxygen atoms in total. The lowest BCUT2D eigenvalue weighted by Crippen LogP contribution is -2.27. The van der Waals surface area contributed by atoms with E-state index in [1.807, 2.05) is 0 Å². The quantitative estimate of drug-likeness (QED) is 0.842. The van der Waals surface area contributed by atoms with Crippen LogP contribution in [-0.4, -0.2) is 44.5 Å². The summed E-state index contributed by atoms with van der Waals surface area (Å²) < 4.78 is 4.64. The van der Waals surface area contributed by atoms with Crippen molar-refractivity contribution >= 4 is 30.0 Å². The van der Waals surface area contributed by atoms with Crippen LogP contribution in [0.2, 0.25) is 0 Å². The molecule has 0 atom stereocenters. The number of hydrogen-bond donors (Lipinski definition) is 1. The summed E-state index contributed by atoms with van der Waals surface area (Å²) in [5, 5.41) is 2.68. The lowest BCUT2D eigenvalue weighted by Gasteiger charge is -2.12. The van der Waals surface area contributed by atoms with E-state index in [4.69, 9.17) is 0 Å². The first-order valence-corrected chi connectivity index (χ1v) is 5.16. The summed E-state index contributed by atoms with van der Waals surface area (Å²) in [6, 6.07) is 6.74. The smallest absolute Gasteiger partial charge is 0.339 e. The molecule has 1 N–H and O–H groups in total. The summed E-state index contributed by atoms with van der Waals surface area (Å²) in [5.74, 6) is -0.642. The third-order valence-electron chi connectivity index (χ3n) is 2.07. The van der Waals surface area contributed by atoms with Crippen LogP contribution in [0.15, 0.2) is 24.3 Å². The van der Waals surface area contributed by atoms with Crippen molar-refractivity contribution < 1.29 is 14.3 Å². The molecule has 0 bridgehead atoms. The maximum Gasteiger partial charge on any atom is 0.339 e. The number of carbonyl (C=O) groups is 2. The zero-order valence-electron chi connectivity index (χ0n) is 10.6. The van der Waals surface area contributed by atoms with Crippen LogP contribution in [0.25, 0.3) is 0 Å². The van der Waals surface area contributed by atoms with E-state index in [1.54, 1.807) is 43.3 Å². The largest absolute Gasteiger partial charge is 0.465 e. The average molecular weight is 273 g/mol. The Hall–Kier alpha value is -1.59. The van der Waals surface area contributed by atoms with E-state index >= 15 is 0 Å². The highest BCUT2D eigenvalue weighted by Crippen LogP contribution is 2.15. The van der Waals surface area contributed by atoms with E-state index in [9.17, 15) is 9.59 Å². The van der Waals surface area contributed by atoms with E-state index in [1.165, 1.54) is 7.11 Å². The zero-order chi connectivity index (χ0) is 12.8. The molecular formula is C12H17ClN2O3. The Morgan fingerprint density at radius 1 is 1.28 bits per heavy atom.